The van der Waals surface area contributed by atoms with E-state index >= 15 is 0 Å². The molecule has 0 aliphatic carbocycles. The van der Waals surface area contributed by atoms with Gasteiger partial charge in [-0.15, -0.1) is 0 Å². The standard InChI is InChI=1S/C15H26O3/c1-2-3-4-5-6-7-8-9-10-11-14(16)12-13-15(17)18/h14,16H,2-11H2,1H3,(H,17,18). The molecular weight excluding hydrogens is 228 g/mol. The Labute approximate surface area is 111 Å². The average molecular weight is 254 g/mol. The summed E-state index contributed by atoms with van der Waals surface area (Å²) in [4.78, 5) is 10.1. The fourth-order valence-corrected chi connectivity index (χ4v) is 1.87. The second kappa shape index (κ2) is 12.4. The molecule has 0 aliphatic heterocycles. The number of carboxylic acids is 1. The highest BCUT2D eigenvalue weighted by Crippen LogP contribution is 2.11. The lowest BCUT2D eigenvalue weighted by Crippen LogP contribution is -2.03. The highest BCUT2D eigenvalue weighted by Gasteiger charge is 1.99. The second-order valence-electron chi connectivity index (χ2n) is 4.71. The Bertz CT molecular complexity index is 263. The summed E-state index contributed by atoms with van der Waals surface area (Å²) in [7, 11) is 0. The normalized spacial score (nSPS) is 11.7. The summed E-state index contributed by atoms with van der Waals surface area (Å²) in [6.07, 6.45) is 10.9. The predicted molar refractivity (Wildman–Crippen MR) is 73.3 cm³/mol. The van der Waals surface area contributed by atoms with E-state index in [1.165, 1.54) is 44.9 Å². The fourth-order valence-electron chi connectivity index (χ4n) is 1.87. The maximum absolute atomic E-state index is 10.1. The molecule has 18 heavy (non-hydrogen) atoms. The number of hydrogen-bond acceptors (Lipinski definition) is 2. The van der Waals surface area contributed by atoms with Gasteiger partial charge in [-0.1, -0.05) is 64.2 Å². The molecule has 2 N–H and O–H groups in total. The monoisotopic (exact) mass is 254 g/mol. The Hall–Kier alpha value is -1.01. The van der Waals surface area contributed by atoms with E-state index in [1.807, 2.05) is 5.92 Å². The Kier molecular flexibility index (Phi) is 11.7. The molecule has 0 rings (SSSR count). The largest absolute Gasteiger partial charge is 0.472 e. The molecular formula is C15H26O3. The summed E-state index contributed by atoms with van der Waals surface area (Å²) >= 11 is 0. The van der Waals surface area contributed by atoms with Crippen LogP contribution in [-0.4, -0.2) is 22.3 Å². The molecule has 1 unspecified atom stereocenters. The van der Waals surface area contributed by atoms with E-state index in [4.69, 9.17) is 5.11 Å². The van der Waals surface area contributed by atoms with Crippen molar-refractivity contribution in [2.45, 2.75) is 77.2 Å². The van der Waals surface area contributed by atoms with Gasteiger partial charge in [-0.25, -0.2) is 4.79 Å². The molecule has 0 amide bonds. The van der Waals surface area contributed by atoms with E-state index in [9.17, 15) is 9.90 Å². The highest BCUT2D eigenvalue weighted by atomic mass is 16.4. The van der Waals surface area contributed by atoms with E-state index in [2.05, 4.69) is 12.8 Å². The van der Waals surface area contributed by atoms with Gasteiger partial charge in [0.1, 0.15) is 6.10 Å². The fraction of sp³-hybridized carbons (Fsp3) is 0.800. The lowest BCUT2D eigenvalue weighted by molar-refractivity contribution is -0.130. The molecule has 1 atom stereocenters. The zero-order valence-electron chi connectivity index (χ0n) is 11.5. The summed E-state index contributed by atoms with van der Waals surface area (Å²) in [5, 5.41) is 17.7. The number of aliphatic carboxylic acids is 1. The van der Waals surface area contributed by atoms with Crippen LogP contribution in [0.2, 0.25) is 0 Å². The molecule has 0 aromatic carbocycles. The molecule has 0 heterocycles. The topological polar surface area (TPSA) is 57.5 Å². The van der Waals surface area contributed by atoms with Gasteiger partial charge in [-0.2, -0.15) is 0 Å². The van der Waals surface area contributed by atoms with Crippen LogP contribution in [0.1, 0.15) is 71.1 Å². The first-order valence-electron chi connectivity index (χ1n) is 7.09. The van der Waals surface area contributed by atoms with Crippen LogP contribution < -0.4 is 0 Å². The van der Waals surface area contributed by atoms with E-state index in [0.717, 1.165) is 12.8 Å². The van der Waals surface area contributed by atoms with Gasteiger partial charge in [0.15, 0.2) is 0 Å². The Morgan fingerprint density at radius 2 is 1.50 bits per heavy atom. The number of hydrogen-bond donors (Lipinski definition) is 2. The van der Waals surface area contributed by atoms with Crippen LogP contribution in [0, 0.1) is 11.8 Å². The molecule has 0 aromatic rings. The van der Waals surface area contributed by atoms with Crippen LogP contribution in [0.15, 0.2) is 0 Å². The Morgan fingerprint density at radius 3 is 2.00 bits per heavy atom. The van der Waals surface area contributed by atoms with Crippen molar-refractivity contribution in [1.29, 1.82) is 0 Å². The minimum Gasteiger partial charge on any atom is -0.472 e. The maximum Gasteiger partial charge on any atom is 0.381 e. The van der Waals surface area contributed by atoms with Crippen molar-refractivity contribution >= 4 is 5.97 Å². The van der Waals surface area contributed by atoms with E-state index in [-0.39, 0.29) is 0 Å². The smallest absolute Gasteiger partial charge is 0.381 e. The van der Waals surface area contributed by atoms with Crippen molar-refractivity contribution in [3.05, 3.63) is 0 Å². The number of rotatable bonds is 10. The van der Waals surface area contributed by atoms with E-state index < -0.39 is 12.1 Å². The Balaban J connectivity index is 3.25. The highest BCUT2D eigenvalue weighted by molar-refractivity contribution is 5.86. The molecule has 0 aromatic heterocycles. The third-order valence-electron chi connectivity index (χ3n) is 2.93. The molecule has 0 radical (unpaired) electrons. The zero-order valence-corrected chi connectivity index (χ0v) is 11.5. The summed E-state index contributed by atoms with van der Waals surface area (Å²) in [6.45, 7) is 2.22. The minimum absolute atomic E-state index is 0.579. The van der Waals surface area contributed by atoms with Crippen molar-refractivity contribution < 1.29 is 15.0 Å². The van der Waals surface area contributed by atoms with Crippen molar-refractivity contribution in [3.63, 3.8) is 0 Å². The zero-order chi connectivity index (χ0) is 13.6. The van der Waals surface area contributed by atoms with Crippen LogP contribution in [0.5, 0.6) is 0 Å². The van der Waals surface area contributed by atoms with Gasteiger partial charge < -0.3 is 10.2 Å². The number of unbranched alkanes of at least 4 members (excludes halogenated alkanes) is 8. The number of aliphatic hydroxyl groups is 1. The molecule has 0 bridgehead atoms. The van der Waals surface area contributed by atoms with Crippen LogP contribution in [0.25, 0.3) is 0 Å². The average Bonchev–Trinajstić information content (AvgIpc) is 2.34. The first-order valence-corrected chi connectivity index (χ1v) is 7.09. The molecule has 0 saturated carbocycles. The SMILES string of the molecule is CCCCCCCCCCCC(O)C#CC(=O)O. The summed E-state index contributed by atoms with van der Waals surface area (Å²) in [6, 6.07) is 0. The molecule has 0 aliphatic rings. The number of carboxylic acid groups (broad SMARTS) is 1. The first-order chi connectivity index (χ1) is 8.66. The van der Waals surface area contributed by atoms with Crippen LogP contribution >= 0.6 is 0 Å². The third-order valence-corrected chi connectivity index (χ3v) is 2.93. The first kappa shape index (κ1) is 17.0. The van der Waals surface area contributed by atoms with Gasteiger partial charge in [0.05, 0.1) is 0 Å². The van der Waals surface area contributed by atoms with Crippen LogP contribution in [0.3, 0.4) is 0 Å². The minimum atomic E-state index is -1.18. The molecule has 3 heteroatoms. The maximum atomic E-state index is 10.1. The number of aliphatic hydroxyl groups excluding tert-OH is 1. The molecule has 0 fully saturated rings. The van der Waals surface area contributed by atoms with Crippen molar-refractivity contribution in [1.82, 2.24) is 0 Å². The molecule has 0 saturated heterocycles. The van der Waals surface area contributed by atoms with Crippen molar-refractivity contribution in [2.75, 3.05) is 0 Å². The van der Waals surface area contributed by atoms with Gasteiger partial charge in [0.2, 0.25) is 0 Å². The third kappa shape index (κ3) is 13.1. The molecule has 104 valence electrons. The number of carbonyl (C=O) groups is 1. The van der Waals surface area contributed by atoms with Gasteiger partial charge in [0.25, 0.3) is 0 Å². The van der Waals surface area contributed by atoms with Gasteiger partial charge in [-0.05, 0) is 12.8 Å². The predicted octanol–water partition coefficient (Wildman–Crippen LogP) is 3.36. The van der Waals surface area contributed by atoms with Crippen molar-refractivity contribution in [3.8, 4) is 11.8 Å². The lowest BCUT2D eigenvalue weighted by Gasteiger charge is -2.03. The molecule has 0 spiro atoms. The summed E-state index contributed by atoms with van der Waals surface area (Å²) in [5.41, 5.74) is 0. The van der Waals surface area contributed by atoms with E-state index in [1.54, 1.807) is 0 Å². The lowest BCUT2D eigenvalue weighted by atomic mass is 10.1. The summed E-state index contributed by atoms with van der Waals surface area (Å²) < 4.78 is 0. The quantitative estimate of drug-likeness (QED) is 0.464. The van der Waals surface area contributed by atoms with Gasteiger partial charge in [-0.3, -0.25) is 0 Å². The van der Waals surface area contributed by atoms with Crippen LogP contribution in [0.4, 0.5) is 0 Å². The van der Waals surface area contributed by atoms with Gasteiger partial charge in [0, 0.05) is 5.92 Å². The van der Waals surface area contributed by atoms with Crippen molar-refractivity contribution in [2.24, 2.45) is 0 Å². The Morgan fingerprint density at radius 1 is 1.00 bits per heavy atom. The van der Waals surface area contributed by atoms with Crippen LogP contribution in [-0.2, 0) is 4.79 Å². The van der Waals surface area contributed by atoms with Gasteiger partial charge >= 0.3 is 5.97 Å². The second-order valence-corrected chi connectivity index (χ2v) is 4.71. The molecule has 3 nitrogen and oxygen atoms in total. The van der Waals surface area contributed by atoms with E-state index in [0.29, 0.717) is 6.42 Å². The summed E-state index contributed by atoms with van der Waals surface area (Å²) in [5.74, 6) is 3.08.